The third-order valence-corrected chi connectivity index (χ3v) is 4.45. The molecule has 106 valence electrons. The van der Waals surface area contributed by atoms with E-state index in [0.717, 1.165) is 35.2 Å². The molecule has 1 unspecified atom stereocenters. The smallest absolute Gasteiger partial charge is 0.137 e. The third kappa shape index (κ3) is 3.60. The fourth-order valence-electron chi connectivity index (χ4n) is 1.94. The van der Waals surface area contributed by atoms with Crippen LogP contribution in [-0.2, 0) is 10.2 Å². The van der Waals surface area contributed by atoms with Crippen molar-refractivity contribution in [2.45, 2.75) is 57.1 Å². The molecule has 0 amide bonds. The molecular formula is C14H23N3OS. The zero-order valence-corrected chi connectivity index (χ0v) is 13.0. The minimum absolute atomic E-state index is 0.0824. The van der Waals surface area contributed by atoms with Crippen LogP contribution in [0.3, 0.4) is 0 Å². The van der Waals surface area contributed by atoms with Gasteiger partial charge in [-0.25, -0.2) is 9.97 Å². The molecule has 0 bridgehead atoms. The Morgan fingerprint density at radius 3 is 2.68 bits per heavy atom. The minimum Gasteiger partial charge on any atom is -0.383 e. The van der Waals surface area contributed by atoms with Crippen LogP contribution < -0.4 is 5.73 Å². The van der Waals surface area contributed by atoms with Crippen molar-refractivity contribution in [2.75, 3.05) is 18.1 Å². The number of hydrogen-bond acceptors (Lipinski definition) is 5. The summed E-state index contributed by atoms with van der Waals surface area (Å²) < 4.78 is 5.65. The first-order valence-corrected chi connectivity index (χ1v) is 7.75. The number of nitrogens with zero attached hydrogens (tertiary/aromatic N) is 2. The fraction of sp³-hybridized carbons (Fsp3) is 0.714. The highest BCUT2D eigenvalue weighted by Gasteiger charge is 2.22. The molecule has 0 spiro atoms. The summed E-state index contributed by atoms with van der Waals surface area (Å²) in [6, 6.07) is 0. The van der Waals surface area contributed by atoms with E-state index in [1.807, 2.05) is 6.92 Å². The lowest BCUT2D eigenvalue weighted by atomic mass is 9.95. The number of nitrogens with two attached hydrogens (primary N) is 1. The average molecular weight is 281 g/mol. The second-order valence-corrected chi connectivity index (χ2v) is 7.07. The predicted molar refractivity (Wildman–Crippen MR) is 79.6 cm³/mol. The van der Waals surface area contributed by atoms with Gasteiger partial charge < -0.3 is 10.5 Å². The maximum atomic E-state index is 6.01. The highest BCUT2D eigenvalue weighted by Crippen LogP contribution is 2.29. The summed E-state index contributed by atoms with van der Waals surface area (Å²) in [5, 5.41) is 0.993. The molecule has 2 rings (SSSR count). The largest absolute Gasteiger partial charge is 0.383 e. The van der Waals surface area contributed by atoms with E-state index in [1.54, 1.807) is 11.8 Å². The van der Waals surface area contributed by atoms with Gasteiger partial charge in [0, 0.05) is 23.3 Å². The van der Waals surface area contributed by atoms with E-state index >= 15 is 0 Å². The van der Waals surface area contributed by atoms with Crippen molar-refractivity contribution in [3.8, 4) is 0 Å². The number of thioether (sulfide) groups is 1. The molecule has 2 N–H and O–H groups in total. The van der Waals surface area contributed by atoms with Gasteiger partial charge in [-0.3, -0.25) is 0 Å². The molecule has 1 aliphatic heterocycles. The van der Waals surface area contributed by atoms with Gasteiger partial charge in [0.25, 0.3) is 0 Å². The summed E-state index contributed by atoms with van der Waals surface area (Å²) in [6.45, 7) is 9.19. The lowest BCUT2D eigenvalue weighted by Gasteiger charge is -2.19. The normalized spacial score (nSPS) is 19.9. The Kier molecular flexibility index (Phi) is 4.36. The summed E-state index contributed by atoms with van der Waals surface area (Å²) in [7, 11) is 0. The van der Waals surface area contributed by atoms with Gasteiger partial charge in [0.15, 0.2) is 0 Å². The fourth-order valence-corrected chi connectivity index (χ4v) is 3.01. The SMILES string of the molecule is Cc1c(N)nc(C(C)(C)C)nc1SCC1CCCO1. The summed E-state index contributed by atoms with van der Waals surface area (Å²) >= 11 is 1.73. The average Bonchev–Trinajstić information content (AvgIpc) is 2.82. The molecule has 1 saturated heterocycles. The van der Waals surface area contributed by atoms with Crippen molar-refractivity contribution in [3.05, 3.63) is 11.4 Å². The molecule has 0 aromatic carbocycles. The first kappa shape index (κ1) is 14.6. The van der Waals surface area contributed by atoms with Crippen LogP contribution in [0, 0.1) is 6.92 Å². The summed E-state index contributed by atoms with van der Waals surface area (Å²) in [5.74, 6) is 2.35. The van der Waals surface area contributed by atoms with Gasteiger partial charge in [-0.15, -0.1) is 11.8 Å². The molecule has 0 radical (unpaired) electrons. The predicted octanol–water partition coefficient (Wildman–Crippen LogP) is 2.94. The van der Waals surface area contributed by atoms with Crippen LogP contribution in [-0.4, -0.2) is 28.4 Å². The first-order valence-electron chi connectivity index (χ1n) is 6.77. The monoisotopic (exact) mass is 281 g/mol. The Bertz CT molecular complexity index is 451. The van der Waals surface area contributed by atoms with Gasteiger partial charge in [-0.2, -0.15) is 0 Å². The first-order chi connectivity index (χ1) is 8.88. The maximum absolute atomic E-state index is 6.01. The van der Waals surface area contributed by atoms with Crippen molar-refractivity contribution in [2.24, 2.45) is 0 Å². The third-order valence-electron chi connectivity index (χ3n) is 3.24. The standard InChI is InChI=1S/C14H23N3OS/c1-9-11(15)16-13(14(2,3)4)17-12(9)19-8-10-6-5-7-18-10/h10H,5-8H2,1-4H3,(H2,15,16,17). The molecule has 19 heavy (non-hydrogen) atoms. The molecule has 1 fully saturated rings. The minimum atomic E-state index is -0.0824. The second-order valence-electron chi connectivity index (χ2n) is 6.06. The maximum Gasteiger partial charge on any atom is 0.137 e. The summed E-state index contributed by atoms with van der Waals surface area (Å²) in [6.07, 6.45) is 2.68. The van der Waals surface area contributed by atoms with Crippen molar-refractivity contribution in [3.63, 3.8) is 0 Å². The topological polar surface area (TPSA) is 61.0 Å². The Morgan fingerprint density at radius 1 is 1.37 bits per heavy atom. The Labute approximate surface area is 119 Å². The molecule has 1 aromatic heterocycles. The van der Waals surface area contributed by atoms with Gasteiger partial charge in [0.2, 0.25) is 0 Å². The number of ether oxygens (including phenoxy) is 1. The molecule has 0 saturated carbocycles. The van der Waals surface area contributed by atoms with Gasteiger partial charge in [-0.1, -0.05) is 20.8 Å². The van der Waals surface area contributed by atoms with Gasteiger partial charge in [-0.05, 0) is 19.8 Å². The van der Waals surface area contributed by atoms with Gasteiger partial charge in [0.1, 0.15) is 16.7 Å². The van der Waals surface area contributed by atoms with E-state index in [0.29, 0.717) is 11.9 Å². The van der Waals surface area contributed by atoms with E-state index in [-0.39, 0.29) is 5.41 Å². The molecule has 1 aliphatic rings. The number of rotatable bonds is 3. The molecule has 0 aliphatic carbocycles. The van der Waals surface area contributed by atoms with Crippen LogP contribution in [0.25, 0.3) is 0 Å². The van der Waals surface area contributed by atoms with E-state index in [9.17, 15) is 0 Å². The Balaban J connectivity index is 2.16. The second kappa shape index (κ2) is 5.67. The number of nitrogen functional groups attached to an aromatic ring is 1. The van der Waals surface area contributed by atoms with E-state index in [4.69, 9.17) is 10.5 Å². The Morgan fingerprint density at radius 2 is 2.11 bits per heavy atom. The zero-order chi connectivity index (χ0) is 14.0. The lowest BCUT2D eigenvalue weighted by Crippen LogP contribution is -2.18. The van der Waals surface area contributed by atoms with Gasteiger partial charge >= 0.3 is 0 Å². The summed E-state index contributed by atoms with van der Waals surface area (Å²) in [4.78, 5) is 9.09. The number of aromatic nitrogens is 2. The Hall–Kier alpha value is -0.810. The van der Waals surface area contributed by atoms with Crippen molar-refractivity contribution in [1.82, 2.24) is 9.97 Å². The highest BCUT2D eigenvalue weighted by atomic mass is 32.2. The van der Waals surface area contributed by atoms with Crippen molar-refractivity contribution >= 4 is 17.6 Å². The summed E-state index contributed by atoms with van der Waals surface area (Å²) in [5.41, 5.74) is 6.91. The molecule has 1 aromatic rings. The molecule has 1 atom stereocenters. The zero-order valence-electron chi connectivity index (χ0n) is 12.2. The number of anilines is 1. The van der Waals surface area contributed by atoms with Crippen LogP contribution in [0.1, 0.15) is 45.0 Å². The van der Waals surface area contributed by atoms with Crippen molar-refractivity contribution < 1.29 is 4.74 Å². The lowest BCUT2D eigenvalue weighted by molar-refractivity contribution is 0.129. The van der Waals surface area contributed by atoms with Crippen LogP contribution in [0.4, 0.5) is 5.82 Å². The van der Waals surface area contributed by atoms with E-state index < -0.39 is 0 Å². The highest BCUT2D eigenvalue weighted by molar-refractivity contribution is 7.99. The van der Waals surface area contributed by atoms with Crippen molar-refractivity contribution in [1.29, 1.82) is 0 Å². The number of hydrogen-bond donors (Lipinski definition) is 1. The quantitative estimate of drug-likeness (QED) is 0.682. The molecule has 5 heteroatoms. The van der Waals surface area contributed by atoms with Crippen LogP contribution in [0.15, 0.2) is 5.03 Å². The van der Waals surface area contributed by atoms with E-state index in [2.05, 4.69) is 30.7 Å². The molecule has 4 nitrogen and oxygen atoms in total. The van der Waals surface area contributed by atoms with Crippen LogP contribution >= 0.6 is 11.8 Å². The van der Waals surface area contributed by atoms with E-state index in [1.165, 1.54) is 6.42 Å². The molecular weight excluding hydrogens is 258 g/mol. The van der Waals surface area contributed by atoms with Gasteiger partial charge in [0.05, 0.1) is 6.10 Å². The van der Waals surface area contributed by atoms with Crippen LogP contribution in [0.5, 0.6) is 0 Å². The molecule has 2 heterocycles. The van der Waals surface area contributed by atoms with Crippen LogP contribution in [0.2, 0.25) is 0 Å².